The summed E-state index contributed by atoms with van der Waals surface area (Å²) >= 11 is 6.18. The molecule has 1 saturated carbocycles. The third kappa shape index (κ3) is 3.26. The fraction of sp³-hybridized carbons (Fsp3) is 0.412. The molecule has 1 aromatic heterocycles. The molecule has 1 aliphatic rings. The normalized spacial score (nSPS) is 15.3. The molecule has 0 radical (unpaired) electrons. The van der Waals surface area contributed by atoms with E-state index in [-0.39, 0.29) is 17.5 Å². The lowest BCUT2D eigenvalue weighted by Gasteiger charge is -2.15. The number of hydrogen-bond donors (Lipinski definition) is 0. The lowest BCUT2D eigenvalue weighted by molar-refractivity contribution is 0.103. The van der Waals surface area contributed by atoms with E-state index in [4.69, 9.17) is 20.9 Å². The molecule has 5 nitrogen and oxygen atoms in total. The van der Waals surface area contributed by atoms with E-state index in [0.29, 0.717) is 33.3 Å². The van der Waals surface area contributed by atoms with E-state index in [0.717, 1.165) is 19.3 Å². The van der Waals surface area contributed by atoms with Crippen LogP contribution in [0.2, 0.25) is 5.02 Å². The number of ketones is 1. The van der Waals surface area contributed by atoms with Gasteiger partial charge in [-0.2, -0.15) is 0 Å². The highest BCUT2D eigenvalue weighted by Gasteiger charge is 2.33. The summed E-state index contributed by atoms with van der Waals surface area (Å²) in [5.74, 6) is 0.334. The standard InChI is InChI=1S/C17H18ClNO4S/c1-3-8-22-16-11(6-7-13(18)17(16)24(2)21)15(20)12-9-23-19-14(12)10-4-5-10/h6-7,9-10H,3-5,8H2,1-2H3. The molecule has 0 saturated heterocycles. The molecule has 1 aliphatic carbocycles. The summed E-state index contributed by atoms with van der Waals surface area (Å²) in [6.07, 6.45) is 5.67. The van der Waals surface area contributed by atoms with Crippen molar-refractivity contribution >= 4 is 28.2 Å². The SMILES string of the molecule is CCCOc1c(C(=O)c2conc2C2CC2)ccc(Cl)c1S(C)=O. The zero-order chi connectivity index (χ0) is 17.3. The van der Waals surface area contributed by atoms with E-state index in [1.807, 2.05) is 6.92 Å². The molecule has 1 atom stereocenters. The molecule has 0 aliphatic heterocycles. The third-order valence-electron chi connectivity index (χ3n) is 3.85. The second kappa shape index (κ2) is 7.07. The zero-order valence-electron chi connectivity index (χ0n) is 13.5. The summed E-state index contributed by atoms with van der Waals surface area (Å²) in [6, 6.07) is 3.18. The van der Waals surface area contributed by atoms with Crippen LogP contribution < -0.4 is 4.74 Å². The minimum absolute atomic E-state index is 0.243. The van der Waals surface area contributed by atoms with Crippen LogP contribution in [0.3, 0.4) is 0 Å². The van der Waals surface area contributed by atoms with Gasteiger partial charge in [0.2, 0.25) is 5.78 Å². The Morgan fingerprint density at radius 2 is 2.17 bits per heavy atom. The molecular formula is C17H18ClNO4S. The summed E-state index contributed by atoms with van der Waals surface area (Å²) < 4.78 is 22.9. The predicted molar refractivity (Wildman–Crippen MR) is 91.5 cm³/mol. The van der Waals surface area contributed by atoms with Crippen LogP contribution in [0.25, 0.3) is 0 Å². The minimum Gasteiger partial charge on any atom is -0.491 e. The average molecular weight is 368 g/mol. The van der Waals surface area contributed by atoms with E-state index in [9.17, 15) is 9.00 Å². The summed E-state index contributed by atoms with van der Waals surface area (Å²) in [5, 5.41) is 4.29. The number of halogens is 1. The number of nitrogens with zero attached hydrogens (tertiary/aromatic N) is 1. The van der Waals surface area contributed by atoms with Crippen molar-refractivity contribution in [3.63, 3.8) is 0 Å². The highest BCUT2D eigenvalue weighted by Crippen LogP contribution is 2.42. The zero-order valence-corrected chi connectivity index (χ0v) is 15.1. The van der Waals surface area contributed by atoms with Crippen LogP contribution in [0.15, 0.2) is 27.8 Å². The molecule has 24 heavy (non-hydrogen) atoms. The van der Waals surface area contributed by atoms with Crippen molar-refractivity contribution < 1.29 is 18.3 Å². The summed E-state index contributed by atoms with van der Waals surface area (Å²) in [5.41, 5.74) is 1.47. The predicted octanol–water partition coefficient (Wildman–Crippen LogP) is 3.96. The van der Waals surface area contributed by atoms with E-state index < -0.39 is 10.8 Å². The van der Waals surface area contributed by atoms with Crippen LogP contribution in [0.5, 0.6) is 5.75 Å². The Morgan fingerprint density at radius 1 is 1.42 bits per heavy atom. The number of hydrogen-bond acceptors (Lipinski definition) is 5. The van der Waals surface area contributed by atoms with Gasteiger partial charge in [0.05, 0.1) is 44.1 Å². The Balaban J connectivity index is 2.08. The fourth-order valence-corrected chi connectivity index (χ4v) is 3.79. The molecule has 3 rings (SSSR count). The van der Waals surface area contributed by atoms with E-state index >= 15 is 0 Å². The first-order valence-corrected chi connectivity index (χ1v) is 9.75. The first-order chi connectivity index (χ1) is 11.5. The highest BCUT2D eigenvalue weighted by atomic mass is 35.5. The molecule has 1 aromatic carbocycles. The molecule has 1 heterocycles. The van der Waals surface area contributed by atoms with Crippen molar-refractivity contribution in [1.29, 1.82) is 0 Å². The van der Waals surface area contributed by atoms with Crippen LogP contribution in [-0.4, -0.2) is 28.0 Å². The number of aromatic nitrogens is 1. The summed E-state index contributed by atoms with van der Waals surface area (Å²) in [7, 11) is -1.38. The molecule has 1 unspecified atom stereocenters. The Morgan fingerprint density at radius 3 is 2.79 bits per heavy atom. The van der Waals surface area contributed by atoms with Gasteiger partial charge in [-0.1, -0.05) is 23.7 Å². The molecule has 0 bridgehead atoms. The van der Waals surface area contributed by atoms with Crippen LogP contribution in [-0.2, 0) is 10.8 Å². The highest BCUT2D eigenvalue weighted by molar-refractivity contribution is 7.84. The second-order valence-electron chi connectivity index (χ2n) is 5.77. The first kappa shape index (κ1) is 17.2. The lowest BCUT2D eigenvalue weighted by atomic mass is 10.0. The third-order valence-corrected chi connectivity index (χ3v) is 5.26. The molecule has 1 fully saturated rings. The van der Waals surface area contributed by atoms with Gasteiger partial charge in [0.1, 0.15) is 12.0 Å². The lowest BCUT2D eigenvalue weighted by Crippen LogP contribution is -2.10. The van der Waals surface area contributed by atoms with E-state index in [1.165, 1.54) is 12.5 Å². The Hall–Kier alpha value is -1.66. The topological polar surface area (TPSA) is 69.4 Å². The van der Waals surface area contributed by atoms with Crippen LogP contribution >= 0.6 is 11.6 Å². The van der Waals surface area contributed by atoms with E-state index in [1.54, 1.807) is 12.1 Å². The smallest absolute Gasteiger partial charge is 0.201 e. The summed E-state index contributed by atoms with van der Waals surface area (Å²) in [6.45, 7) is 2.36. The molecule has 2 aromatic rings. The van der Waals surface area contributed by atoms with Gasteiger partial charge in [-0.25, -0.2) is 0 Å². The first-order valence-electron chi connectivity index (χ1n) is 7.82. The van der Waals surface area contributed by atoms with Gasteiger partial charge in [0, 0.05) is 12.2 Å². The van der Waals surface area contributed by atoms with Gasteiger partial charge in [0.25, 0.3) is 0 Å². The van der Waals surface area contributed by atoms with Crippen LogP contribution in [0.1, 0.15) is 53.7 Å². The quantitative estimate of drug-likeness (QED) is 0.693. The average Bonchev–Trinajstić information content (AvgIpc) is 3.28. The second-order valence-corrected chi connectivity index (χ2v) is 7.50. The summed E-state index contributed by atoms with van der Waals surface area (Å²) in [4.78, 5) is 13.4. The molecule has 0 N–H and O–H groups in total. The Kier molecular flexibility index (Phi) is 5.06. The number of benzene rings is 1. The van der Waals surface area contributed by atoms with Gasteiger partial charge < -0.3 is 9.26 Å². The van der Waals surface area contributed by atoms with Crippen molar-refractivity contribution in [3.8, 4) is 5.75 Å². The maximum atomic E-state index is 13.0. The minimum atomic E-state index is -1.38. The van der Waals surface area contributed by atoms with E-state index in [2.05, 4.69) is 5.16 Å². The number of ether oxygens (including phenoxy) is 1. The Labute approximate surface area is 147 Å². The molecular weight excluding hydrogens is 350 g/mol. The van der Waals surface area contributed by atoms with Crippen LogP contribution in [0, 0.1) is 0 Å². The molecule has 0 spiro atoms. The number of rotatable bonds is 7. The van der Waals surface area contributed by atoms with Crippen molar-refractivity contribution in [2.45, 2.75) is 37.0 Å². The number of carbonyl (C=O) groups is 1. The van der Waals surface area contributed by atoms with Crippen molar-refractivity contribution in [2.75, 3.05) is 12.9 Å². The van der Waals surface area contributed by atoms with Gasteiger partial charge in [-0.3, -0.25) is 9.00 Å². The monoisotopic (exact) mass is 367 g/mol. The molecule has 128 valence electrons. The fourth-order valence-electron chi connectivity index (χ4n) is 2.54. The largest absolute Gasteiger partial charge is 0.491 e. The Bertz CT molecular complexity index is 798. The van der Waals surface area contributed by atoms with Crippen molar-refractivity contribution in [2.24, 2.45) is 0 Å². The van der Waals surface area contributed by atoms with Gasteiger partial charge in [-0.15, -0.1) is 0 Å². The maximum Gasteiger partial charge on any atom is 0.201 e. The van der Waals surface area contributed by atoms with Crippen molar-refractivity contribution in [1.82, 2.24) is 5.16 Å². The van der Waals surface area contributed by atoms with Gasteiger partial charge in [-0.05, 0) is 31.4 Å². The van der Waals surface area contributed by atoms with Crippen LogP contribution in [0.4, 0.5) is 0 Å². The number of carbonyl (C=O) groups excluding carboxylic acids is 1. The molecule has 7 heteroatoms. The van der Waals surface area contributed by atoms with Gasteiger partial charge >= 0.3 is 0 Å². The van der Waals surface area contributed by atoms with Crippen molar-refractivity contribution in [3.05, 3.63) is 40.2 Å². The van der Waals surface area contributed by atoms with Gasteiger partial charge in [0.15, 0.2) is 0 Å². The maximum absolute atomic E-state index is 13.0. The molecule has 0 amide bonds.